The molecule has 0 aromatic rings. The molecule has 0 aromatic heterocycles. The minimum absolute atomic E-state index is 0.0776. The minimum Gasteiger partial charge on any atom is -0.390 e. The Balaban J connectivity index is 2.58. The van der Waals surface area contributed by atoms with Gasteiger partial charge in [-0.2, -0.15) is 0 Å². The molecule has 1 aliphatic rings. The van der Waals surface area contributed by atoms with Crippen molar-refractivity contribution in [1.82, 2.24) is 0 Å². The highest BCUT2D eigenvalue weighted by Crippen LogP contribution is 2.25. The molecule has 0 aromatic carbocycles. The van der Waals surface area contributed by atoms with Crippen LogP contribution in [0.15, 0.2) is 0 Å². The monoisotopic (exact) mass is 174 g/mol. The van der Waals surface area contributed by atoms with Crippen LogP contribution >= 0.6 is 0 Å². The van der Waals surface area contributed by atoms with Gasteiger partial charge in [-0.1, -0.05) is 20.8 Å². The lowest BCUT2D eigenvalue weighted by Crippen LogP contribution is -2.49. The molecule has 72 valence electrons. The third-order valence-corrected chi connectivity index (χ3v) is 2.60. The lowest BCUT2D eigenvalue weighted by molar-refractivity contribution is -0.167. The largest absolute Gasteiger partial charge is 0.390 e. The van der Waals surface area contributed by atoms with E-state index in [-0.39, 0.29) is 12.0 Å². The third kappa shape index (κ3) is 1.79. The van der Waals surface area contributed by atoms with Crippen LogP contribution in [0, 0.1) is 11.8 Å². The van der Waals surface area contributed by atoms with Crippen LogP contribution in [0.2, 0.25) is 0 Å². The Bertz CT molecular complexity index is 147. The fourth-order valence-electron chi connectivity index (χ4n) is 1.57. The van der Waals surface area contributed by atoms with Crippen LogP contribution in [0.4, 0.5) is 0 Å². The number of aliphatic hydroxyl groups is 2. The van der Waals surface area contributed by atoms with Crippen LogP contribution in [0.3, 0.4) is 0 Å². The van der Waals surface area contributed by atoms with Crippen LogP contribution in [-0.2, 0) is 4.74 Å². The molecule has 0 radical (unpaired) electrons. The molecule has 3 nitrogen and oxygen atoms in total. The lowest BCUT2D eigenvalue weighted by Gasteiger charge is -2.38. The first kappa shape index (κ1) is 9.96. The zero-order chi connectivity index (χ0) is 9.30. The van der Waals surface area contributed by atoms with E-state index in [1.165, 1.54) is 0 Å². The van der Waals surface area contributed by atoms with E-state index in [1.54, 1.807) is 0 Å². The summed E-state index contributed by atoms with van der Waals surface area (Å²) in [5.41, 5.74) is 0. The van der Waals surface area contributed by atoms with Crippen LogP contribution in [0.5, 0.6) is 0 Å². The van der Waals surface area contributed by atoms with Crippen molar-refractivity contribution < 1.29 is 14.9 Å². The molecule has 3 heteroatoms. The van der Waals surface area contributed by atoms with Gasteiger partial charge >= 0.3 is 0 Å². The Kier molecular flexibility index (Phi) is 3.09. The molecule has 0 amide bonds. The number of ether oxygens (including phenoxy) is 1. The second-order valence-electron chi connectivity index (χ2n) is 3.96. The second kappa shape index (κ2) is 3.73. The van der Waals surface area contributed by atoms with Crippen molar-refractivity contribution in [3.63, 3.8) is 0 Å². The first-order chi connectivity index (χ1) is 5.54. The molecule has 1 rings (SSSR count). The molecule has 1 heterocycles. The second-order valence-corrected chi connectivity index (χ2v) is 3.96. The maximum Gasteiger partial charge on any atom is 0.0861 e. The van der Waals surface area contributed by atoms with E-state index in [0.717, 1.165) is 0 Å². The summed E-state index contributed by atoms with van der Waals surface area (Å²) in [6.45, 7) is 6.23. The molecule has 2 N–H and O–H groups in total. The highest BCUT2D eigenvalue weighted by atomic mass is 16.5. The minimum atomic E-state index is -0.534. The summed E-state index contributed by atoms with van der Waals surface area (Å²) in [5, 5.41) is 19.1. The molecule has 0 saturated carbocycles. The van der Waals surface area contributed by atoms with Gasteiger partial charge in [0.15, 0.2) is 0 Å². The van der Waals surface area contributed by atoms with Crippen LogP contribution in [0.25, 0.3) is 0 Å². The Morgan fingerprint density at radius 1 is 1.33 bits per heavy atom. The summed E-state index contributed by atoms with van der Waals surface area (Å²) in [7, 11) is 0. The molecule has 12 heavy (non-hydrogen) atoms. The van der Waals surface area contributed by atoms with E-state index in [9.17, 15) is 10.2 Å². The topological polar surface area (TPSA) is 49.7 Å². The van der Waals surface area contributed by atoms with E-state index < -0.39 is 12.2 Å². The Labute approximate surface area is 73.4 Å². The van der Waals surface area contributed by atoms with Crippen LogP contribution in [-0.4, -0.2) is 35.1 Å². The molecule has 1 fully saturated rings. The van der Waals surface area contributed by atoms with Gasteiger partial charge in [0.05, 0.1) is 24.9 Å². The van der Waals surface area contributed by atoms with E-state index in [0.29, 0.717) is 12.5 Å². The molecule has 1 saturated heterocycles. The maximum atomic E-state index is 9.69. The van der Waals surface area contributed by atoms with Gasteiger partial charge in [-0.15, -0.1) is 0 Å². The summed E-state index contributed by atoms with van der Waals surface area (Å²) in [5.74, 6) is 0.223. The number of aliphatic hydroxyl groups excluding tert-OH is 2. The number of rotatable bonds is 1. The van der Waals surface area contributed by atoms with E-state index in [4.69, 9.17) is 4.74 Å². The first-order valence-electron chi connectivity index (χ1n) is 4.51. The fourth-order valence-corrected chi connectivity index (χ4v) is 1.57. The summed E-state index contributed by atoms with van der Waals surface area (Å²) in [4.78, 5) is 0. The molecule has 0 spiro atoms. The van der Waals surface area contributed by atoms with E-state index in [1.807, 2.05) is 20.8 Å². The van der Waals surface area contributed by atoms with Crippen molar-refractivity contribution in [2.45, 2.75) is 39.1 Å². The molecule has 1 aliphatic heterocycles. The summed E-state index contributed by atoms with van der Waals surface area (Å²) >= 11 is 0. The highest BCUT2D eigenvalue weighted by molar-refractivity contribution is 4.85. The zero-order valence-corrected chi connectivity index (χ0v) is 7.90. The van der Waals surface area contributed by atoms with Gasteiger partial charge in [0.25, 0.3) is 0 Å². The maximum absolute atomic E-state index is 9.69. The Morgan fingerprint density at radius 2 is 1.92 bits per heavy atom. The van der Waals surface area contributed by atoms with E-state index >= 15 is 0 Å². The number of hydrogen-bond acceptors (Lipinski definition) is 3. The molecule has 4 atom stereocenters. The smallest absolute Gasteiger partial charge is 0.0861 e. The quantitative estimate of drug-likeness (QED) is 0.605. The van der Waals surface area contributed by atoms with Crippen molar-refractivity contribution >= 4 is 0 Å². The van der Waals surface area contributed by atoms with Gasteiger partial charge in [-0.25, -0.2) is 0 Å². The van der Waals surface area contributed by atoms with Gasteiger partial charge < -0.3 is 14.9 Å². The van der Waals surface area contributed by atoms with Gasteiger partial charge in [0.2, 0.25) is 0 Å². The fraction of sp³-hybridized carbons (Fsp3) is 1.00. The Morgan fingerprint density at radius 3 is 2.42 bits per heavy atom. The molecule has 0 bridgehead atoms. The van der Waals surface area contributed by atoms with Crippen molar-refractivity contribution in [2.75, 3.05) is 6.61 Å². The van der Waals surface area contributed by atoms with E-state index in [2.05, 4.69) is 0 Å². The van der Waals surface area contributed by atoms with Gasteiger partial charge in [0.1, 0.15) is 0 Å². The predicted molar refractivity (Wildman–Crippen MR) is 45.8 cm³/mol. The average Bonchev–Trinajstić information content (AvgIpc) is 2.00. The Hall–Kier alpha value is -0.120. The number of hydrogen-bond donors (Lipinski definition) is 2. The molecule has 0 aliphatic carbocycles. The molecular formula is C9H18O3. The lowest BCUT2D eigenvalue weighted by atomic mass is 9.87. The van der Waals surface area contributed by atoms with Crippen LogP contribution in [0.1, 0.15) is 20.8 Å². The van der Waals surface area contributed by atoms with Crippen molar-refractivity contribution in [1.29, 1.82) is 0 Å². The molecular weight excluding hydrogens is 156 g/mol. The van der Waals surface area contributed by atoms with Crippen molar-refractivity contribution in [3.05, 3.63) is 0 Å². The zero-order valence-electron chi connectivity index (χ0n) is 7.90. The standard InChI is InChI=1S/C9H18O3/c1-5(2)9-8(11)6(3)7(10)4-12-9/h5-11H,4H2,1-3H3/t6-,7+,8+,9-/m0/s1. The summed E-state index contributed by atoms with van der Waals surface area (Å²) in [6.07, 6.45) is -1.17. The SMILES string of the molecule is CC(C)[C@@H]1OC[C@@H](O)[C@H](C)[C@H]1O. The van der Waals surface area contributed by atoms with Gasteiger partial charge in [-0.3, -0.25) is 0 Å². The van der Waals surface area contributed by atoms with Crippen molar-refractivity contribution in [3.8, 4) is 0 Å². The van der Waals surface area contributed by atoms with Gasteiger partial charge in [-0.05, 0) is 5.92 Å². The van der Waals surface area contributed by atoms with Crippen LogP contribution < -0.4 is 0 Å². The summed E-state index contributed by atoms with van der Waals surface area (Å²) < 4.78 is 5.33. The van der Waals surface area contributed by atoms with Gasteiger partial charge in [0, 0.05) is 5.92 Å². The predicted octanol–water partition coefficient (Wildman–Crippen LogP) is 0.399. The third-order valence-electron chi connectivity index (χ3n) is 2.60. The summed E-state index contributed by atoms with van der Waals surface area (Å²) in [6, 6.07) is 0. The first-order valence-corrected chi connectivity index (χ1v) is 4.51. The molecule has 0 unspecified atom stereocenters. The highest BCUT2D eigenvalue weighted by Gasteiger charge is 2.36. The van der Waals surface area contributed by atoms with Crippen molar-refractivity contribution in [2.24, 2.45) is 11.8 Å². The average molecular weight is 174 g/mol. The normalized spacial score (nSPS) is 43.5.